The number of carbonyl (C=O) groups is 2. The standard InChI is InChI=1S/C32H33FN2O2/c1-3-4-5-13-30(37)35-28-12-7-6-11-26(28)34-27-19-24(22-16-14-21(2)15-17-22)20-29(36)31(27)32(35)23-9-8-10-25(33)18-23/h6-12,14-18,24,32,34H,3-5,13,19-20H2,1-2H3/t24-,32-/m0/s1. The van der Waals surface area contributed by atoms with Crippen molar-refractivity contribution in [1.29, 1.82) is 0 Å². The van der Waals surface area contributed by atoms with Crippen molar-refractivity contribution in [3.05, 3.63) is 107 Å². The second-order valence-corrected chi connectivity index (χ2v) is 10.2. The van der Waals surface area contributed by atoms with E-state index in [1.54, 1.807) is 11.0 Å². The zero-order chi connectivity index (χ0) is 25.9. The Hall–Kier alpha value is -3.73. The van der Waals surface area contributed by atoms with E-state index in [0.29, 0.717) is 36.1 Å². The topological polar surface area (TPSA) is 49.4 Å². The molecule has 0 radical (unpaired) electrons. The van der Waals surface area contributed by atoms with Crippen LogP contribution in [0.15, 0.2) is 84.1 Å². The molecule has 190 valence electrons. The van der Waals surface area contributed by atoms with E-state index in [9.17, 15) is 14.0 Å². The third-order valence-electron chi connectivity index (χ3n) is 7.46. The van der Waals surface area contributed by atoms with Crippen LogP contribution in [0, 0.1) is 12.7 Å². The molecule has 0 saturated carbocycles. The van der Waals surface area contributed by atoms with Gasteiger partial charge >= 0.3 is 0 Å². The van der Waals surface area contributed by atoms with Crippen LogP contribution in [0.2, 0.25) is 0 Å². The number of amides is 1. The molecule has 0 unspecified atom stereocenters. The SMILES string of the molecule is CCCCCC(=O)N1c2ccccc2NC2=C(C(=O)C[C@@H](c3ccc(C)cc3)C2)[C@@H]1c1cccc(F)c1. The number of ketones is 1. The number of aryl methyl sites for hydroxylation is 1. The number of Topliss-reactive ketones (excluding diaryl/α,β-unsaturated/α-hetero) is 1. The van der Waals surface area contributed by atoms with Gasteiger partial charge in [0.1, 0.15) is 5.82 Å². The molecule has 1 heterocycles. The molecule has 5 rings (SSSR count). The summed E-state index contributed by atoms with van der Waals surface area (Å²) in [4.78, 5) is 29.5. The van der Waals surface area contributed by atoms with Crippen LogP contribution in [0.4, 0.5) is 15.8 Å². The van der Waals surface area contributed by atoms with E-state index in [1.807, 2.05) is 30.3 Å². The maximum Gasteiger partial charge on any atom is 0.227 e. The van der Waals surface area contributed by atoms with E-state index in [-0.39, 0.29) is 23.4 Å². The molecular weight excluding hydrogens is 463 g/mol. The van der Waals surface area contributed by atoms with Crippen molar-refractivity contribution >= 4 is 23.1 Å². The van der Waals surface area contributed by atoms with Gasteiger partial charge in [0.15, 0.2) is 5.78 Å². The number of benzene rings is 3. The summed E-state index contributed by atoms with van der Waals surface area (Å²) in [5, 5.41) is 3.54. The molecular formula is C32H33FN2O2. The Balaban J connectivity index is 1.66. The second kappa shape index (κ2) is 10.7. The number of rotatable bonds is 6. The van der Waals surface area contributed by atoms with E-state index in [1.165, 1.54) is 17.7 Å². The Morgan fingerprint density at radius 1 is 0.973 bits per heavy atom. The molecule has 4 nitrogen and oxygen atoms in total. The highest BCUT2D eigenvalue weighted by atomic mass is 19.1. The molecule has 2 atom stereocenters. The maximum absolute atomic E-state index is 14.5. The molecule has 1 amide bonds. The molecule has 1 aliphatic carbocycles. The monoisotopic (exact) mass is 496 g/mol. The van der Waals surface area contributed by atoms with Gasteiger partial charge in [-0.1, -0.05) is 73.9 Å². The molecule has 1 aliphatic heterocycles. The summed E-state index contributed by atoms with van der Waals surface area (Å²) in [5.41, 5.74) is 5.79. The first-order valence-corrected chi connectivity index (χ1v) is 13.2. The first-order valence-electron chi connectivity index (χ1n) is 13.2. The van der Waals surface area contributed by atoms with Crippen molar-refractivity contribution in [2.45, 2.75) is 64.3 Å². The van der Waals surface area contributed by atoms with Gasteiger partial charge in [0.25, 0.3) is 0 Å². The number of hydrogen-bond donors (Lipinski definition) is 1. The predicted octanol–water partition coefficient (Wildman–Crippen LogP) is 7.62. The Morgan fingerprint density at radius 3 is 2.51 bits per heavy atom. The van der Waals surface area contributed by atoms with Crippen LogP contribution in [0.3, 0.4) is 0 Å². The molecule has 0 saturated heterocycles. The third kappa shape index (κ3) is 5.08. The van der Waals surface area contributed by atoms with Gasteiger partial charge in [-0.3, -0.25) is 14.5 Å². The molecule has 5 heteroatoms. The second-order valence-electron chi connectivity index (χ2n) is 10.2. The largest absolute Gasteiger partial charge is 0.357 e. The van der Waals surface area contributed by atoms with E-state index in [4.69, 9.17) is 0 Å². The van der Waals surface area contributed by atoms with E-state index in [0.717, 1.165) is 36.2 Å². The number of fused-ring (bicyclic) bond motifs is 1. The summed E-state index contributed by atoms with van der Waals surface area (Å²) in [6.07, 6.45) is 4.09. The highest BCUT2D eigenvalue weighted by Gasteiger charge is 2.41. The number of unbranched alkanes of at least 4 members (excludes halogenated alkanes) is 2. The summed E-state index contributed by atoms with van der Waals surface area (Å²) in [7, 11) is 0. The molecule has 2 aliphatic rings. The van der Waals surface area contributed by atoms with Crippen LogP contribution in [0.5, 0.6) is 0 Å². The zero-order valence-corrected chi connectivity index (χ0v) is 21.5. The number of hydrogen-bond acceptors (Lipinski definition) is 3. The van der Waals surface area contributed by atoms with Crippen LogP contribution in [-0.2, 0) is 9.59 Å². The average Bonchev–Trinajstić information content (AvgIpc) is 3.04. The number of nitrogens with one attached hydrogen (secondary N) is 1. The van der Waals surface area contributed by atoms with E-state index in [2.05, 4.69) is 43.4 Å². The highest BCUT2D eigenvalue weighted by molar-refractivity contribution is 6.06. The Kier molecular flexibility index (Phi) is 7.22. The van der Waals surface area contributed by atoms with Gasteiger partial charge in [-0.25, -0.2) is 4.39 Å². The molecule has 0 bridgehead atoms. The molecule has 37 heavy (non-hydrogen) atoms. The number of para-hydroxylation sites is 2. The number of halogens is 1. The Bertz CT molecular complexity index is 1340. The van der Waals surface area contributed by atoms with Gasteiger partial charge in [0.05, 0.1) is 17.4 Å². The minimum absolute atomic E-state index is 0.00671. The van der Waals surface area contributed by atoms with Crippen molar-refractivity contribution in [2.24, 2.45) is 0 Å². The lowest BCUT2D eigenvalue weighted by Crippen LogP contribution is -2.38. The summed E-state index contributed by atoms with van der Waals surface area (Å²) in [6.45, 7) is 4.16. The first kappa shape index (κ1) is 24.9. The minimum atomic E-state index is -0.692. The smallest absolute Gasteiger partial charge is 0.227 e. The summed E-state index contributed by atoms with van der Waals surface area (Å²) in [5.74, 6) is -0.414. The van der Waals surface area contributed by atoms with E-state index < -0.39 is 6.04 Å². The fourth-order valence-corrected chi connectivity index (χ4v) is 5.58. The van der Waals surface area contributed by atoms with Crippen LogP contribution in [-0.4, -0.2) is 11.7 Å². The van der Waals surface area contributed by atoms with Crippen molar-refractivity contribution in [3.8, 4) is 0 Å². The van der Waals surface area contributed by atoms with Crippen molar-refractivity contribution in [3.63, 3.8) is 0 Å². The molecule has 3 aromatic rings. The lowest BCUT2D eigenvalue weighted by atomic mass is 9.78. The molecule has 0 fully saturated rings. The molecule has 0 aromatic heterocycles. The number of carbonyl (C=O) groups excluding carboxylic acids is 2. The molecule has 0 spiro atoms. The van der Waals surface area contributed by atoms with Gasteiger partial charge in [-0.2, -0.15) is 0 Å². The molecule has 3 aromatic carbocycles. The van der Waals surface area contributed by atoms with Crippen molar-refractivity contribution < 1.29 is 14.0 Å². The summed E-state index contributed by atoms with van der Waals surface area (Å²) in [6, 6.07) is 21.6. The summed E-state index contributed by atoms with van der Waals surface area (Å²) < 4.78 is 14.5. The minimum Gasteiger partial charge on any atom is -0.357 e. The fourth-order valence-electron chi connectivity index (χ4n) is 5.58. The van der Waals surface area contributed by atoms with Crippen molar-refractivity contribution in [2.75, 3.05) is 10.2 Å². The van der Waals surface area contributed by atoms with Gasteiger partial charge < -0.3 is 5.32 Å². The highest BCUT2D eigenvalue weighted by Crippen LogP contribution is 2.47. The fraction of sp³-hybridized carbons (Fsp3) is 0.312. The average molecular weight is 497 g/mol. The Morgan fingerprint density at radius 2 is 1.76 bits per heavy atom. The zero-order valence-electron chi connectivity index (χ0n) is 21.5. The summed E-state index contributed by atoms with van der Waals surface area (Å²) >= 11 is 0. The van der Waals surface area contributed by atoms with Crippen LogP contribution < -0.4 is 10.2 Å². The first-order chi connectivity index (χ1) is 18.0. The van der Waals surface area contributed by atoms with Crippen molar-refractivity contribution in [1.82, 2.24) is 0 Å². The maximum atomic E-state index is 14.5. The van der Waals surface area contributed by atoms with Gasteiger partial charge in [-0.05, 0) is 61.1 Å². The van der Waals surface area contributed by atoms with Gasteiger partial charge in [0.2, 0.25) is 5.91 Å². The van der Waals surface area contributed by atoms with Gasteiger partial charge in [0, 0.05) is 24.1 Å². The lowest BCUT2D eigenvalue weighted by molar-refractivity contribution is -0.119. The Labute approximate surface area is 218 Å². The predicted molar refractivity (Wildman–Crippen MR) is 146 cm³/mol. The molecule has 1 N–H and O–H groups in total. The van der Waals surface area contributed by atoms with Crippen LogP contribution in [0.1, 0.15) is 74.1 Å². The number of anilines is 2. The normalized spacial score (nSPS) is 19.1. The van der Waals surface area contributed by atoms with E-state index >= 15 is 0 Å². The number of allylic oxidation sites excluding steroid dienone is 1. The van der Waals surface area contributed by atoms with Crippen LogP contribution >= 0.6 is 0 Å². The van der Waals surface area contributed by atoms with Gasteiger partial charge in [-0.15, -0.1) is 0 Å². The van der Waals surface area contributed by atoms with Crippen LogP contribution in [0.25, 0.3) is 0 Å². The number of nitrogens with zero attached hydrogens (tertiary/aromatic N) is 1. The third-order valence-corrected chi connectivity index (χ3v) is 7.46. The lowest BCUT2D eigenvalue weighted by Gasteiger charge is -2.35. The quantitative estimate of drug-likeness (QED) is 0.357.